The number of rotatable bonds is 6. The average molecular weight is 353 g/mol. The van der Waals surface area contributed by atoms with E-state index >= 15 is 0 Å². The Morgan fingerprint density at radius 3 is 2.26 bits per heavy atom. The summed E-state index contributed by atoms with van der Waals surface area (Å²) in [6.07, 6.45) is 1.52. The molecule has 5 nitrogen and oxygen atoms in total. The fourth-order valence-electron chi connectivity index (χ4n) is 1.74. The van der Waals surface area contributed by atoms with Gasteiger partial charge in [-0.1, -0.05) is 11.6 Å². The number of nitrogens with zero attached hydrogens (tertiary/aromatic N) is 1. The first-order chi connectivity index (χ1) is 10.9. The summed E-state index contributed by atoms with van der Waals surface area (Å²) in [5.41, 5.74) is 0.750. The van der Waals surface area contributed by atoms with Crippen LogP contribution in [-0.4, -0.2) is 20.7 Å². The summed E-state index contributed by atoms with van der Waals surface area (Å²) in [6.45, 7) is 3.89. The molecule has 0 saturated heterocycles. The highest BCUT2D eigenvalue weighted by Crippen LogP contribution is 2.14. The van der Waals surface area contributed by atoms with Crippen molar-refractivity contribution in [2.24, 2.45) is 5.10 Å². The van der Waals surface area contributed by atoms with Crippen LogP contribution >= 0.6 is 11.6 Å². The lowest BCUT2D eigenvalue weighted by Crippen LogP contribution is -2.18. The molecule has 2 rings (SSSR count). The summed E-state index contributed by atoms with van der Waals surface area (Å²) < 4.78 is 29.6. The number of sulfonamides is 1. The second kappa shape index (κ2) is 7.48. The summed E-state index contributed by atoms with van der Waals surface area (Å²) in [7, 11) is -3.70. The zero-order valence-corrected chi connectivity index (χ0v) is 14.3. The normalized spacial score (nSPS) is 11.8. The summed E-state index contributed by atoms with van der Waals surface area (Å²) in [4.78, 5) is 2.25. The quantitative estimate of drug-likeness (QED) is 0.639. The Morgan fingerprint density at radius 1 is 1.09 bits per heavy atom. The Balaban J connectivity index is 2.01. The van der Waals surface area contributed by atoms with Gasteiger partial charge < -0.3 is 4.74 Å². The highest BCUT2D eigenvalue weighted by molar-refractivity contribution is 7.89. The van der Waals surface area contributed by atoms with Crippen LogP contribution in [0, 0.1) is 0 Å². The molecule has 0 aliphatic rings. The molecule has 23 heavy (non-hydrogen) atoms. The third-order valence-electron chi connectivity index (χ3n) is 2.76. The Labute approximate surface area is 141 Å². The van der Waals surface area contributed by atoms with E-state index in [9.17, 15) is 8.42 Å². The van der Waals surface area contributed by atoms with Crippen LogP contribution in [0.15, 0.2) is 58.5 Å². The monoisotopic (exact) mass is 352 g/mol. The number of hydrazone groups is 1. The van der Waals surface area contributed by atoms with Gasteiger partial charge in [0, 0.05) is 5.02 Å². The maximum absolute atomic E-state index is 12.0. The number of ether oxygens (including phenoxy) is 1. The van der Waals surface area contributed by atoms with Crippen molar-refractivity contribution in [1.29, 1.82) is 0 Å². The van der Waals surface area contributed by atoms with Gasteiger partial charge >= 0.3 is 0 Å². The maximum atomic E-state index is 12.0. The van der Waals surface area contributed by atoms with Crippen molar-refractivity contribution < 1.29 is 13.2 Å². The molecule has 0 aliphatic heterocycles. The zero-order valence-electron chi connectivity index (χ0n) is 12.7. The largest absolute Gasteiger partial charge is 0.491 e. The van der Waals surface area contributed by atoms with Gasteiger partial charge in [-0.25, -0.2) is 4.83 Å². The van der Waals surface area contributed by atoms with Gasteiger partial charge in [-0.3, -0.25) is 0 Å². The minimum absolute atomic E-state index is 0.0970. The van der Waals surface area contributed by atoms with E-state index in [4.69, 9.17) is 16.3 Å². The Hall–Kier alpha value is -2.05. The molecule has 122 valence electrons. The average Bonchev–Trinajstić information content (AvgIpc) is 2.49. The number of hydrogen-bond donors (Lipinski definition) is 1. The van der Waals surface area contributed by atoms with Gasteiger partial charge in [0.1, 0.15) is 5.75 Å². The van der Waals surface area contributed by atoms with E-state index in [1.165, 1.54) is 30.5 Å². The van der Waals surface area contributed by atoms with Crippen LogP contribution < -0.4 is 9.57 Å². The van der Waals surface area contributed by atoms with Crippen LogP contribution in [0.25, 0.3) is 0 Å². The molecule has 2 aromatic carbocycles. The van der Waals surface area contributed by atoms with Gasteiger partial charge in [-0.2, -0.15) is 13.5 Å². The molecule has 0 atom stereocenters. The lowest BCUT2D eigenvalue weighted by molar-refractivity contribution is 0.242. The van der Waals surface area contributed by atoms with Crippen LogP contribution in [0.3, 0.4) is 0 Å². The van der Waals surface area contributed by atoms with Crippen molar-refractivity contribution in [3.8, 4) is 5.75 Å². The van der Waals surface area contributed by atoms with Crippen molar-refractivity contribution in [2.75, 3.05) is 0 Å². The molecule has 1 N–H and O–H groups in total. The smallest absolute Gasteiger partial charge is 0.276 e. The second-order valence-corrected chi connectivity index (χ2v) is 7.14. The molecule has 0 amide bonds. The third-order valence-corrected chi connectivity index (χ3v) is 4.25. The Morgan fingerprint density at radius 2 is 1.70 bits per heavy atom. The zero-order chi connectivity index (χ0) is 16.9. The first-order valence-electron chi connectivity index (χ1n) is 6.94. The van der Waals surface area contributed by atoms with Gasteiger partial charge in [0.15, 0.2) is 0 Å². The van der Waals surface area contributed by atoms with Crippen LogP contribution in [0.1, 0.15) is 19.4 Å². The van der Waals surface area contributed by atoms with Gasteiger partial charge in [0.2, 0.25) is 0 Å². The van der Waals surface area contributed by atoms with E-state index in [0.29, 0.717) is 5.02 Å². The van der Waals surface area contributed by atoms with E-state index in [1.54, 1.807) is 24.3 Å². The van der Waals surface area contributed by atoms with Gasteiger partial charge in [0.05, 0.1) is 17.2 Å². The number of hydrogen-bond acceptors (Lipinski definition) is 4. The Kier molecular flexibility index (Phi) is 5.63. The fraction of sp³-hybridized carbons (Fsp3) is 0.188. The topological polar surface area (TPSA) is 67.8 Å². The van der Waals surface area contributed by atoms with Crippen LogP contribution in [0.5, 0.6) is 5.75 Å². The molecule has 0 saturated carbocycles. The molecule has 0 unspecified atom stereocenters. The molecule has 0 aliphatic carbocycles. The highest BCUT2D eigenvalue weighted by Gasteiger charge is 2.11. The minimum Gasteiger partial charge on any atom is -0.491 e. The lowest BCUT2D eigenvalue weighted by Gasteiger charge is -2.09. The van der Waals surface area contributed by atoms with Crippen LogP contribution in [0.2, 0.25) is 5.02 Å². The first-order valence-corrected chi connectivity index (χ1v) is 8.80. The van der Waals surface area contributed by atoms with E-state index in [1.807, 2.05) is 13.8 Å². The van der Waals surface area contributed by atoms with Crippen LogP contribution in [-0.2, 0) is 10.0 Å². The van der Waals surface area contributed by atoms with Gasteiger partial charge in [-0.15, -0.1) is 0 Å². The summed E-state index contributed by atoms with van der Waals surface area (Å²) in [5.74, 6) is 0.749. The minimum atomic E-state index is -3.70. The standard InChI is InChI=1S/C16H17ClN2O3S/c1-12(2)22-15-7-3-13(4-8-15)11-18-19-23(20,21)16-9-5-14(17)6-10-16/h3-12,19H,1-2H3. The summed E-state index contributed by atoms with van der Waals surface area (Å²) in [6, 6.07) is 13.0. The lowest BCUT2D eigenvalue weighted by atomic mass is 10.2. The second-order valence-electron chi connectivity index (χ2n) is 5.04. The molecule has 0 heterocycles. The molecule has 0 aromatic heterocycles. The molecule has 0 spiro atoms. The summed E-state index contributed by atoms with van der Waals surface area (Å²) in [5, 5.41) is 4.23. The third kappa shape index (κ3) is 5.26. The first kappa shape index (κ1) is 17.3. The number of benzene rings is 2. The van der Waals surface area contributed by atoms with Gasteiger partial charge in [0.25, 0.3) is 10.0 Å². The van der Waals surface area contributed by atoms with Crippen molar-refractivity contribution >= 4 is 27.8 Å². The fourth-order valence-corrected chi connectivity index (χ4v) is 2.66. The molecule has 0 fully saturated rings. The molecular weight excluding hydrogens is 336 g/mol. The van der Waals surface area contributed by atoms with E-state index in [-0.39, 0.29) is 11.0 Å². The Bertz CT molecular complexity index is 770. The predicted molar refractivity (Wildman–Crippen MR) is 91.6 cm³/mol. The van der Waals surface area contributed by atoms with E-state index in [0.717, 1.165) is 11.3 Å². The predicted octanol–water partition coefficient (Wildman–Crippen LogP) is 3.44. The SMILES string of the molecule is CC(C)Oc1ccc(C=NNS(=O)(=O)c2ccc(Cl)cc2)cc1. The molecule has 7 heteroatoms. The maximum Gasteiger partial charge on any atom is 0.276 e. The van der Waals surface area contributed by atoms with E-state index in [2.05, 4.69) is 9.93 Å². The van der Waals surface area contributed by atoms with Crippen molar-refractivity contribution in [1.82, 2.24) is 4.83 Å². The van der Waals surface area contributed by atoms with Gasteiger partial charge in [-0.05, 0) is 67.9 Å². The number of halogens is 1. The van der Waals surface area contributed by atoms with Crippen molar-refractivity contribution in [3.63, 3.8) is 0 Å². The molecular formula is C16H17ClN2O3S. The highest BCUT2D eigenvalue weighted by atomic mass is 35.5. The van der Waals surface area contributed by atoms with Crippen molar-refractivity contribution in [2.45, 2.75) is 24.8 Å². The molecule has 2 aromatic rings. The molecule has 0 bridgehead atoms. The van der Waals surface area contributed by atoms with E-state index < -0.39 is 10.0 Å². The summed E-state index contributed by atoms with van der Waals surface area (Å²) >= 11 is 5.74. The van der Waals surface area contributed by atoms with Crippen LogP contribution in [0.4, 0.5) is 0 Å². The number of nitrogens with one attached hydrogen (secondary N) is 1. The molecule has 0 radical (unpaired) electrons. The van der Waals surface area contributed by atoms with Crippen molar-refractivity contribution in [3.05, 3.63) is 59.1 Å².